The smallest absolute Gasteiger partial charge is 0.150 e. The number of aryl methyl sites for hydroxylation is 2. The summed E-state index contributed by atoms with van der Waals surface area (Å²) in [4.78, 5) is 2.38. The molecule has 1 heterocycles. The maximum absolute atomic E-state index is 6.24. The lowest BCUT2D eigenvalue weighted by atomic mass is 10.1. The molecule has 108 valence electrons. The van der Waals surface area contributed by atoms with Gasteiger partial charge in [-0.05, 0) is 39.5 Å². The van der Waals surface area contributed by atoms with Gasteiger partial charge in [-0.1, -0.05) is 0 Å². The van der Waals surface area contributed by atoms with Crippen molar-refractivity contribution in [2.45, 2.75) is 46.2 Å². The average Bonchev–Trinajstić information content (AvgIpc) is 3.20. The lowest BCUT2D eigenvalue weighted by molar-refractivity contribution is 0.202. The van der Waals surface area contributed by atoms with Crippen LogP contribution in [0.15, 0.2) is 0 Å². The van der Waals surface area contributed by atoms with Crippen LogP contribution in [0.1, 0.15) is 32.4 Å². The van der Waals surface area contributed by atoms with Gasteiger partial charge in [-0.3, -0.25) is 0 Å². The quantitative estimate of drug-likeness (QED) is 0.820. The largest absolute Gasteiger partial charge is 0.394 e. The molecule has 1 fully saturated rings. The first-order valence-electron chi connectivity index (χ1n) is 7.18. The lowest BCUT2D eigenvalue weighted by Gasteiger charge is -2.32. The summed E-state index contributed by atoms with van der Waals surface area (Å²) in [5.41, 5.74) is 7.97. The van der Waals surface area contributed by atoms with Gasteiger partial charge < -0.3 is 15.4 Å². The molecule has 0 aliphatic heterocycles. The zero-order valence-corrected chi connectivity index (χ0v) is 12.5. The van der Waals surface area contributed by atoms with E-state index in [-0.39, 0.29) is 0 Å². The number of nitrogen functional groups attached to an aromatic ring is 1. The molecular weight excluding hydrogens is 240 g/mol. The molecule has 2 N–H and O–H groups in total. The molecule has 1 aromatic heterocycles. The van der Waals surface area contributed by atoms with Gasteiger partial charge in [0, 0.05) is 26.2 Å². The number of anilines is 2. The molecule has 2 rings (SSSR count). The summed E-state index contributed by atoms with van der Waals surface area (Å²) >= 11 is 0. The van der Waals surface area contributed by atoms with Crippen LogP contribution in [0.5, 0.6) is 0 Å². The summed E-state index contributed by atoms with van der Waals surface area (Å²) in [6, 6.07) is 0.499. The van der Waals surface area contributed by atoms with Crippen LogP contribution in [-0.2, 0) is 11.3 Å². The number of nitrogens with zero attached hydrogens (tertiary/aromatic N) is 3. The Hall–Kier alpha value is -1.23. The Morgan fingerprint density at radius 3 is 2.74 bits per heavy atom. The molecule has 1 aromatic rings. The van der Waals surface area contributed by atoms with Crippen LogP contribution >= 0.6 is 0 Å². The zero-order chi connectivity index (χ0) is 14.0. The molecule has 0 bridgehead atoms. The third-order valence-corrected chi connectivity index (χ3v) is 4.05. The van der Waals surface area contributed by atoms with Gasteiger partial charge in [-0.15, -0.1) is 0 Å². The highest BCUT2D eigenvalue weighted by molar-refractivity contribution is 5.66. The summed E-state index contributed by atoms with van der Waals surface area (Å²) in [6.07, 6.45) is 2.65. The van der Waals surface area contributed by atoms with Gasteiger partial charge in [0.2, 0.25) is 0 Å². The number of ether oxygens (including phenoxy) is 1. The zero-order valence-electron chi connectivity index (χ0n) is 12.5. The second-order valence-electron chi connectivity index (χ2n) is 5.40. The van der Waals surface area contributed by atoms with Crippen molar-refractivity contribution in [3.63, 3.8) is 0 Å². The van der Waals surface area contributed by atoms with Crippen LogP contribution < -0.4 is 10.6 Å². The predicted molar refractivity (Wildman–Crippen MR) is 78.5 cm³/mol. The number of rotatable bonds is 7. The van der Waals surface area contributed by atoms with Crippen LogP contribution in [0.3, 0.4) is 0 Å². The van der Waals surface area contributed by atoms with Crippen LogP contribution in [0, 0.1) is 12.8 Å². The van der Waals surface area contributed by atoms with Gasteiger partial charge in [-0.2, -0.15) is 5.10 Å². The minimum Gasteiger partial charge on any atom is -0.394 e. The van der Waals surface area contributed by atoms with Crippen LogP contribution in [0.4, 0.5) is 11.5 Å². The van der Waals surface area contributed by atoms with Crippen molar-refractivity contribution in [3.05, 3.63) is 5.69 Å². The highest BCUT2D eigenvalue weighted by Gasteiger charge is 2.34. The van der Waals surface area contributed by atoms with E-state index in [1.165, 1.54) is 12.8 Å². The fourth-order valence-corrected chi connectivity index (χ4v) is 2.63. The van der Waals surface area contributed by atoms with E-state index in [2.05, 4.69) is 23.8 Å². The fourth-order valence-electron chi connectivity index (χ4n) is 2.63. The molecular formula is C14H26N4O. The molecule has 1 aliphatic carbocycles. The fraction of sp³-hybridized carbons (Fsp3) is 0.786. The maximum Gasteiger partial charge on any atom is 0.150 e. The van der Waals surface area contributed by atoms with Gasteiger partial charge in [-0.25, -0.2) is 4.68 Å². The standard InChI is InChI=1S/C14H26N4O/c1-5-18-14(13(15)10(2)16-18)17(8-9-19-4)11(3)12-6-7-12/h11-12H,5-9,15H2,1-4H3. The SMILES string of the molecule is CCn1nc(C)c(N)c1N(CCOC)C(C)C1CC1. The predicted octanol–water partition coefficient (Wildman–Crippen LogP) is 2.04. The number of methoxy groups -OCH3 is 1. The molecule has 1 aliphatic rings. The van der Waals surface area contributed by atoms with E-state index >= 15 is 0 Å². The van der Waals surface area contributed by atoms with E-state index < -0.39 is 0 Å². The van der Waals surface area contributed by atoms with Gasteiger partial charge in [0.25, 0.3) is 0 Å². The second kappa shape index (κ2) is 5.82. The molecule has 0 amide bonds. The molecule has 0 spiro atoms. The van der Waals surface area contributed by atoms with E-state index in [1.54, 1.807) is 7.11 Å². The Labute approximate surface area is 115 Å². The number of aromatic nitrogens is 2. The summed E-state index contributed by atoms with van der Waals surface area (Å²) in [6.45, 7) is 8.78. The van der Waals surface area contributed by atoms with Crippen molar-refractivity contribution in [3.8, 4) is 0 Å². The third kappa shape index (κ3) is 2.86. The van der Waals surface area contributed by atoms with Crippen molar-refractivity contribution >= 4 is 11.5 Å². The summed E-state index contributed by atoms with van der Waals surface area (Å²) in [7, 11) is 1.74. The van der Waals surface area contributed by atoms with E-state index in [9.17, 15) is 0 Å². The van der Waals surface area contributed by atoms with Gasteiger partial charge in [0.1, 0.15) is 0 Å². The van der Waals surface area contributed by atoms with E-state index in [1.807, 2.05) is 11.6 Å². The molecule has 0 saturated heterocycles. The minimum atomic E-state index is 0.499. The monoisotopic (exact) mass is 266 g/mol. The van der Waals surface area contributed by atoms with Crippen LogP contribution in [-0.4, -0.2) is 36.1 Å². The molecule has 5 nitrogen and oxygen atoms in total. The molecule has 0 radical (unpaired) electrons. The van der Waals surface area contributed by atoms with E-state index in [0.717, 1.165) is 36.2 Å². The molecule has 19 heavy (non-hydrogen) atoms. The van der Waals surface area contributed by atoms with Crippen molar-refractivity contribution in [2.24, 2.45) is 5.92 Å². The Balaban J connectivity index is 2.30. The van der Waals surface area contributed by atoms with Gasteiger partial charge >= 0.3 is 0 Å². The molecule has 1 saturated carbocycles. The van der Waals surface area contributed by atoms with Crippen LogP contribution in [0.25, 0.3) is 0 Å². The highest BCUT2D eigenvalue weighted by Crippen LogP contribution is 2.38. The number of hydrogen-bond donors (Lipinski definition) is 1. The third-order valence-electron chi connectivity index (χ3n) is 4.05. The summed E-state index contributed by atoms with van der Waals surface area (Å²) < 4.78 is 7.27. The lowest BCUT2D eigenvalue weighted by Crippen LogP contribution is -2.39. The van der Waals surface area contributed by atoms with E-state index in [0.29, 0.717) is 12.6 Å². The van der Waals surface area contributed by atoms with Gasteiger partial charge in [0.15, 0.2) is 5.82 Å². The van der Waals surface area contributed by atoms with Crippen LogP contribution in [0.2, 0.25) is 0 Å². The first-order valence-corrected chi connectivity index (χ1v) is 7.18. The highest BCUT2D eigenvalue weighted by atomic mass is 16.5. The average molecular weight is 266 g/mol. The normalized spacial score (nSPS) is 16.6. The number of nitrogens with two attached hydrogens (primary N) is 1. The van der Waals surface area contributed by atoms with Gasteiger partial charge in [0.05, 0.1) is 18.0 Å². The summed E-state index contributed by atoms with van der Waals surface area (Å²) in [5, 5.41) is 4.53. The van der Waals surface area contributed by atoms with E-state index in [4.69, 9.17) is 10.5 Å². The topological polar surface area (TPSA) is 56.3 Å². The van der Waals surface area contributed by atoms with Crippen molar-refractivity contribution in [2.75, 3.05) is 30.9 Å². The minimum absolute atomic E-state index is 0.499. The first kappa shape index (κ1) is 14.2. The molecule has 1 atom stereocenters. The Morgan fingerprint density at radius 1 is 1.53 bits per heavy atom. The van der Waals surface area contributed by atoms with Crippen molar-refractivity contribution < 1.29 is 4.74 Å². The second-order valence-corrected chi connectivity index (χ2v) is 5.40. The Kier molecular flexibility index (Phi) is 4.34. The number of hydrogen-bond acceptors (Lipinski definition) is 4. The maximum atomic E-state index is 6.24. The summed E-state index contributed by atoms with van der Waals surface area (Å²) in [5.74, 6) is 1.85. The Bertz CT molecular complexity index is 425. The van der Waals surface area contributed by atoms with Crippen molar-refractivity contribution in [1.82, 2.24) is 9.78 Å². The Morgan fingerprint density at radius 2 is 2.21 bits per heavy atom. The molecule has 0 aromatic carbocycles. The van der Waals surface area contributed by atoms with Crippen molar-refractivity contribution in [1.29, 1.82) is 0 Å². The molecule has 5 heteroatoms. The first-order chi connectivity index (χ1) is 9.10. The molecule has 1 unspecified atom stereocenters.